The Balaban J connectivity index is 2.56. The molecule has 0 atom stereocenters. The molecular formula is C16H26N2O3. The second-order valence-electron chi connectivity index (χ2n) is 5.15. The third-order valence-electron chi connectivity index (χ3n) is 3.03. The zero-order valence-electron chi connectivity index (χ0n) is 13.4. The lowest BCUT2D eigenvalue weighted by Gasteiger charge is -2.13. The van der Waals surface area contributed by atoms with Gasteiger partial charge in [0.25, 0.3) is 0 Å². The van der Waals surface area contributed by atoms with E-state index in [9.17, 15) is 4.79 Å². The number of ether oxygens (including phenoxy) is 2. The van der Waals surface area contributed by atoms with Crippen LogP contribution in [0.25, 0.3) is 0 Å². The maximum atomic E-state index is 11.1. The highest BCUT2D eigenvalue weighted by Gasteiger charge is 2.07. The highest BCUT2D eigenvalue weighted by molar-refractivity contribution is 5.75. The number of methoxy groups -OCH3 is 1. The van der Waals surface area contributed by atoms with Crippen LogP contribution >= 0.6 is 0 Å². The van der Waals surface area contributed by atoms with Gasteiger partial charge in [0.2, 0.25) is 5.91 Å². The summed E-state index contributed by atoms with van der Waals surface area (Å²) < 4.78 is 11.0. The minimum Gasteiger partial charge on any atom is -0.493 e. The first-order valence-corrected chi connectivity index (χ1v) is 7.30. The monoisotopic (exact) mass is 294 g/mol. The summed E-state index contributed by atoms with van der Waals surface area (Å²) in [6, 6.07) is 6.34. The minimum atomic E-state index is 0.0282. The summed E-state index contributed by atoms with van der Waals surface area (Å²) in [6.07, 6.45) is 1.14. The largest absolute Gasteiger partial charge is 0.493 e. The van der Waals surface area contributed by atoms with Gasteiger partial charge in [0, 0.05) is 26.1 Å². The molecule has 0 unspecified atom stereocenters. The molecule has 21 heavy (non-hydrogen) atoms. The Hall–Kier alpha value is -1.75. The lowest BCUT2D eigenvalue weighted by atomic mass is 10.2. The molecule has 0 aliphatic carbocycles. The number of nitrogens with one attached hydrogen (secondary N) is 2. The van der Waals surface area contributed by atoms with Gasteiger partial charge in [-0.15, -0.1) is 0 Å². The SMILES string of the molecule is CNC(=O)CCCOc1cc(CNC(C)C)ccc1OC. The van der Waals surface area contributed by atoms with Crippen LogP contribution < -0.4 is 20.1 Å². The Labute approximate surface area is 127 Å². The molecule has 2 N–H and O–H groups in total. The predicted octanol–water partition coefficient (Wildman–Crippen LogP) is 2.10. The first-order valence-electron chi connectivity index (χ1n) is 7.30. The van der Waals surface area contributed by atoms with E-state index in [4.69, 9.17) is 9.47 Å². The molecule has 0 radical (unpaired) electrons. The van der Waals surface area contributed by atoms with E-state index in [1.807, 2.05) is 18.2 Å². The number of hydrogen-bond acceptors (Lipinski definition) is 4. The Morgan fingerprint density at radius 1 is 1.29 bits per heavy atom. The van der Waals surface area contributed by atoms with Crippen molar-refractivity contribution in [3.63, 3.8) is 0 Å². The van der Waals surface area contributed by atoms with E-state index in [1.54, 1.807) is 14.2 Å². The van der Waals surface area contributed by atoms with Crippen LogP contribution in [-0.2, 0) is 11.3 Å². The maximum Gasteiger partial charge on any atom is 0.219 e. The van der Waals surface area contributed by atoms with Gasteiger partial charge in [-0.25, -0.2) is 0 Å². The predicted molar refractivity (Wildman–Crippen MR) is 83.8 cm³/mol. The fraction of sp³-hybridized carbons (Fsp3) is 0.562. The molecule has 0 aliphatic heterocycles. The van der Waals surface area contributed by atoms with Crippen molar-refractivity contribution in [3.05, 3.63) is 23.8 Å². The summed E-state index contributed by atoms with van der Waals surface area (Å²) in [5.41, 5.74) is 1.14. The lowest BCUT2D eigenvalue weighted by molar-refractivity contribution is -0.120. The van der Waals surface area contributed by atoms with Crippen LogP contribution in [0.4, 0.5) is 0 Å². The lowest BCUT2D eigenvalue weighted by Crippen LogP contribution is -2.21. The van der Waals surface area contributed by atoms with Crippen molar-refractivity contribution in [2.24, 2.45) is 0 Å². The third kappa shape index (κ3) is 6.49. The number of carbonyl (C=O) groups excluding carboxylic acids is 1. The molecule has 0 saturated heterocycles. The van der Waals surface area contributed by atoms with Crippen LogP contribution in [0.2, 0.25) is 0 Å². The summed E-state index contributed by atoms with van der Waals surface area (Å²) in [5, 5.41) is 5.96. The number of benzene rings is 1. The molecule has 1 aromatic carbocycles. The molecule has 0 saturated carbocycles. The minimum absolute atomic E-state index is 0.0282. The van der Waals surface area contributed by atoms with E-state index in [1.165, 1.54) is 0 Å². The number of rotatable bonds is 9. The number of carbonyl (C=O) groups is 1. The van der Waals surface area contributed by atoms with Gasteiger partial charge in [0.1, 0.15) is 0 Å². The molecule has 0 fully saturated rings. The standard InChI is InChI=1S/C16H26N2O3/c1-12(2)18-11-13-7-8-14(20-4)15(10-13)21-9-5-6-16(19)17-3/h7-8,10,12,18H,5-6,9,11H2,1-4H3,(H,17,19). The second-order valence-corrected chi connectivity index (χ2v) is 5.15. The molecule has 1 aromatic rings. The molecule has 0 spiro atoms. The number of amides is 1. The summed E-state index contributed by atoms with van der Waals surface area (Å²) in [7, 11) is 3.26. The average molecular weight is 294 g/mol. The van der Waals surface area contributed by atoms with Crippen molar-refractivity contribution in [1.82, 2.24) is 10.6 Å². The van der Waals surface area contributed by atoms with Crippen LogP contribution in [0, 0.1) is 0 Å². The zero-order valence-corrected chi connectivity index (χ0v) is 13.4. The quantitative estimate of drug-likeness (QED) is 0.685. The van der Waals surface area contributed by atoms with Crippen molar-refractivity contribution in [2.45, 2.75) is 39.3 Å². The highest BCUT2D eigenvalue weighted by atomic mass is 16.5. The molecule has 0 aromatic heterocycles. The normalized spacial score (nSPS) is 10.5. The Bertz CT molecular complexity index is 447. The van der Waals surface area contributed by atoms with E-state index >= 15 is 0 Å². The highest BCUT2D eigenvalue weighted by Crippen LogP contribution is 2.28. The molecular weight excluding hydrogens is 268 g/mol. The molecule has 0 heterocycles. The second kappa shape index (κ2) is 9.23. The molecule has 1 amide bonds. The fourth-order valence-electron chi connectivity index (χ4n) is 1.81. The van der Waals surface area contributed by atoms with E-state index < -0.39 is 0 Å². The van der Waals surface area contributed by atoms with Crippen LogP contribution in [-0.4, -0.2) is 32.7 Å². The van der Waals surface area contributed by atoms with Gasteiger partial charge >= 0.3 is 0 Å². The van der Waals surface area contributed by atoms with Gasteiger partial charge in [-0.1, -0.05) is 19.9 Å². The van der Waals surface area contributed by atoms with Gasteiger partial charge in [-0.2, -0.15) is 0 Å². The smallest absolute Gasteiger partial charge is 0.219 e. The van der Waals surface area contributed by atoms with Crippen molar-refractivity contribution in [2.75, 3.05) is 20.8 Å². The van der Waals surface area contributed by atoms with Crippen LogP contribution in [0.3, 0.4) is 0 Å². The van der Waals surface area contributed by atoms with E-state index in [0.29, 0.717) is 31.2 Å². The first-order chi connectivity index (χ1) is 10.1. The third-order valence-corrected chi connectivity index (χ3v) is 3.03. The average Bonchev–Trinajstić information content (AvgIpc) is 2.49. The molecule has 1 rings (SSSR count). The zero-order chi connectivity index (χ0) is 15.7. The summed E-state index contributed by atoms with van der Waals surface area (Å²) >= 11 is 0. The summed E-state index contributed by atoms with van der Waals surface area (Å²) in [5.74, 6) is 1.46. The van der Waals surface area contributed by atoms with Crippen LogP contribution in [0.15, 0.2) is 18.2 Å². The molecule has 5 heteroatoms. The van der Waals surface area contributed by atoms with Gasteiger partial charge in [0.15, 0.2) is 11.5 Å². The van der Waals surface area contributed by atoms with Crippen molar-refractivity contribution in [3.8, 4) is 11.5 Å². The van der Waals surface area contributed by atoms with Gasteiger partial charge in [-0.3, -0.25) is 4.79 Å². The van der Waals surface area contributed by atoms with Crippen LogP contribution in [0.1, 0.15) is 32.3 Å². The van der Waals surface area contributed by atoms with Crippen LogP contribution in [0.5, 0.6) is 11.5 Å². The maximum absolute atomic E-state index is 11.1. The fourth-order valence-corrected chi connectivity index (χ4v) is 1.81. The van der Waals surface area contributed by atoms with E-state index in [2.05, 4.69) is 24.5 Å². The van der Waals surface area contributed by atoms with Gasteiger partial charge < -0.3 is 20.1 Å². The van der Waals surface area contributed by atoms with Crippen molar-refractivity contribution >= 4 is 5.91 Å². The molecule has 118 valence electrons. The van der Waals surface area contributed by atoms with Crippen molar-refractivity contribution < 1.29 is 14.3 Å². The Kier molecular flexibility index (Phi) is 7.61. The molecule has 0 aliphatic rings. The molecule has 5 nitrogen and oxygen atoms in total. The first kappa shape index (κ1) is 17.3. The topological polar surface area (TPSA) is 59.6 Å². The van der Waals surface area contributed by atoms with Gasteiger partial charge in [-0.05, 0) is 24.1 Å². The summed E-state index contributed by atoms with van der Waals surface area (Å²) in [6.45, 7) is 5.50. The number of hydrogen-bond donors (Lipinski definition) is 2. The summed E-state index contributed by atoms with van der Waals surface area (Å²) in [4.78, 5) is 11.1. The van der Waals surface area contributed by atoms with E-state index in [-0.39, 0.29) is 5.91 Å². The Morgan fingerprint density at radius 3 is 2.67 bits per heavy atom. The van der Waals surface area contributed by atoms with Crippen molar-refractivity contribution in [1.29, 1.82) is 0 Å². The Morgan fingerprint density at radius 2 is 2.05 bits per heavy atom. The molecule has 0 bridgehead atoms. The van der Waals surface area contributed by atoms with Gasteiger partial charge in [0.05, 0.1) is 13.7 Å². The van der Waals surface area contributed by atoms with E-state index in [0.717, 1.165) is 17.9 Å².